The van der Waals surface area contributed by atoms with E-state index in [1.165, 1.54) is 13.8 Å². The third-order valence-corrected chi connectivity index (χ3v) is 3.50. The van der Waals surface area contributed by atoms with Gasteiger partial charge in [0.2, 0.25) is 5.54 Å². The quantitative estimate of drug-likeness (QED) is 0.553. The molecule has 0 saturated heterocycles. The Labute approximate surface area is 88.6 Å². The van der Waals surface area contributed by atoms with Crippen LogP contribution in [-0.4, -0.2) is 27.0 Å². The first-order chi connectivity index (χ1) is 6.69. The number of carbonyl (C=O) groups excluding carboxylic acids is 1. The largest absolute Gasteiger partial charge is 0.389 e. The number of Topliss-reactive ketones (excluding diaryl/α,β-unsaturated/α-hetero) is 1. The Balaban J connectivity index is 2.93. The first-order valence-corrected chi connectivity index (χ1v) is 5.06. The molecule has 1 aliphatic rings. The van der Waals surface area contributed by atoms with Crippen molar-refractivity contribution >= 4 is 5.78 Å². The molecule has 15 heavy (non-hydrogen) atoms. The minimum absolute atomic E-state index is 0.127. The van der Waals surface area contributed by atoms with Crippen LogP contribution in [0.4, 0.5) is 0 Å². The minimum Gasteiger partial charge on any atom is -0.389 e. The molecule has 0 aliphatic heterocycles. The second-order valence-corrected chi connectivity index (χ2v) is 4.98. The van der Waals surface area contributed by atoms with Gasteiger partial charge in [-0.25, -0.2) is 0 Å². The fraction of sp³-hybridized carbons (Fsp3) is 0.900. The van der Waals surface area contributed by atoms with E-state index in [0.717, 1.165) is 0 Å². The summed E-state index contributed by atoms with van der Waals surface area (Å²) in [7, 11) is 0. The van der Waals surface area contributed by atoms with Crippen LogP contribution in [0, 0.1) is 16.0 Å². The molecule has 0 aromatic heterocycles. The zero-order valence-electron chi connectivity index (χ0n) is 9.32. The van der Waals surface area contributed by atoms with E-state index >= 15 is 0 Å². The first-order valence-electron chi connectivity index (χ1n) is 5.06. The van der Waals surface area contributed by atoms with Crippen molar-refractivity contribution < 1.29 is 14.8 Å². The zero-order chi connectivity index (χ0) is 11.9. The van der Waals surface area contributed by atoms with Crippen molar-refractivity contribution in [2.75, 3.05) is 0 Å². The van der Waals surface area contributed by atoms with Crippen molar-refractivity contribution in [1.29, 1.82) is 0 Å². The predicted octanol–water partition coefficient (Wildman–Crippen LogP) is 1.16. The van der Waals surface area contributed by atoms with Gasteiger partial charge in [-0.1, -0.05) is 0 Å². The Morgan fingerprint density at radius 2 is 2.00 bits per heavy atom. The number of hydrogen-bond donors (Lipinski definition) is 1. The molecule has 1 aliphatic carbocycles. The van der Waals surface area contributed by atoms with Gasteiger partial charge >= 0.3 is 0 Å². The monoisotopic (exact) mass is 215 g/mol. The molecule has 0 aromatic carbocycles. The van der Waals surface area contributed by atoms with Crippen molar-refractivity contribution in [2.24, 2.45) is 5.92 Å². The predicted molar refractivity (Wildman–Crippen MR) is 54.0 cm³/mol. The molecule has 86 valence electrons. The van der Waals surface area contributed by atoms with E-state index in [-0.39, 0.29) is 17.1 Å². The van der Waals surface area contributed by atoms with Crippen LogP contribution in [-0.2, 0) is 4.79 Å². The topological polar surface area (TPSA) is 80.4 Å². The van der Waals surface area contributed by atoms with Gasteiger partial charge in [0.05, 0.1) is 11.5 Å². The maximum atomic E-state index is 11.3. The highest BCUT2D eigenvalue weighted by Crippen LogP contribution is 2.40. The molecule has 1 fully saturated rings. The summed E-state index contributed by atoms with van der Waals surface area (Å²) in [5.74, 6) is -0.797. The van der Waals surface area contributed by atoms with E-state index in [1.54, 1.807) is 6.92 Å². The molecular weight excluding hydrogens is 198 g/mol. The summed E-state index contributed by atoms with van der Waals surface area (Å²) in [5, 5.41) is 20.8. The molecule has 0 amide bonds. The summed E-state index contributed by atoms with van der Waals surface area (Å²) < 4.78 is 0. The Kier molecular flexibility index (Phi) is 2.87. The Hall–Kier alpha value is -0.970. The second-order valence-electron chi connectivity index (χ2n) is 4.98. The molecule has 0 radical (unpaired) electrons. The maximum absolute atomic E-state index is 11.3. The summed E-state index contributed by atoms with van der Waals surface area (Å²) >= 11 is 0. The van der Waals surface area contributed by atoms with Crippen LogP contribution in [0.25, 0.3) is 0 Å². The number of carbonyl (C=O) groups is 1. The molecule has 3 atom stereocenters. The van der Waals surface area contributed by atoms with E-state index in [4.69, 9.17) is 0 Å². The lowest BCUT2D eigenvalue weighted by atomic mass is 9.67. The van der Waals surface area contributed by atoms with E-state index in [9.17, 15) is 20.0 Å². The molecular formula is C10H17NO4. The second kappa shape index (κ2) is 3.56. The summed E-state index contributed by atoms with van der Waals surface area (Å²) in [6.07, 6.45) is 0.744. The highest BCUT2D eigenvalue weighted by molar-refractivity contribution is 5.79. The van der Waals surface area contributed by atoms with Gasteiger partial charge in [0.1, 0.15) is 5.78 Å². The third-order valence-electron chi connectivity index (χ3n) is 3.50. The smallest absolute Gasteiger partial charge is 0.220 e. The number of hydrogen-bond acceptors (Lipinski definition) is 4. The first kappa shape index (κ1) is 12.1. The standard InChI is InChI=1S/C10H17NO4/c1-7(12)8-6-9(2,11(14)15)4-5-10(8,3)13/h8,13H,4-6H2,1-3H3/t8-,9-,10+/m1/s1. The molecule has 5 nitrogen and oxygen atoms in total. The van der Waals surface area contributed by atoms with Crippen molar-refractivity contribution in [3.8, 4) is 0 Å². The molecule has 0 bridgehead atoms. The summed E-state index contributed by atoms with van der Waals surface area (Å²) in [4.78, 5) is 21.9. The van der Waals surface area contributed by atoms with E-state index in [2.05, 4.69) is 0 Å². The molecule has 0 unspecified atom stereocenters. The SMILES string of the molecule is CC(=O)[C@H]1C[C@](C)([N+](=O)[O-])CC[C@]1(C)O. The van der Waals surface area contributed by atoms with Gasteiger partial charge in [-0.3, -0.25) is 14.9 Å². The zero-order valence-corrected chi connectivity index (χ0v) is 9.32. The fourth-order valence-electron chi connectivity index (χ4n) is 2.21. The van der Waals surface area contributed by atoms with E-state index < -0.39 is 17.1 Å². The fourth-order valence-corrected chi connectivity index (χ4v) is 2.21. The molecule has 1 saturated carbocycles. The summed E-state index contributed by atoms with van der Waals surface area (Å²) in [5.41, 5.74) is -2.17. The molecule has 0 spiro atoms. The maximum Gasteiger partial charge on any atom is 0.220 e. The van der Waals surface area contributed by atoms with Crippen LogP contribution in [0.2, 0.25) is 0 Å². The van der Waals surface area contributed by atoms with Gasteiger partial charge in [0.15, 0.2) is 0 Å². The van der Waals surface area contributed by atoms with Crippen LogP contribution in [0.3, 0.4) is 0 Å². The van der Waals surface area contributed by atoms with Crippen LogP contribution >= 0.6 is 0 Å². The third kappa shape index (κ3) is 2.17. The Morgan fingerprint density at radius 1 is 1.47 bits per heavy atom. The molecule has 1 N–H and O–H groups in total. The van der Waals surface area contributed by atoms with Crippen molar-refractivity contribution in [1.82, 2.24) is 0 Å². The number of ketones is 1. The van der Waals surface area contributed by atoms with Crippen LogP contribution < -0.4 is 0 Å². The molecule has 0 heterocycles. The van der Waals surface area contributed by atoms with Crippen LogP contribution in [0.1, 0.15) is 40.0 Å². The van der Waals surface area contributed by atoms with Gasteiger partial charge in [-0.15, -0.1) is 0 Å². The lowest BCUT2D eigenvalue weighted by Crippen LogP contribution is -2.52. The van der Waals surface area contributed by atoms with Crippen LogP contribution in [0.5, 0.6) is 0 Å². The van der Waals surface area contributed by atoms with Gasteiger partial charge in [-0.2, -0.15) is 0 Å². The van der Waals surface area contributed by atoms with Gasteiger partial charge in [-0.05, 0) is 20.3 Å². The highest BCUT2D eigenvalue weighted by Gasteiger charge is 2.51. The number of aliphatic hydroxyl groups is 1. The van der Waals surface area contributed by atoms with E-state index in [1.807, 2.05) is 0 Å². The Morgan fingerprint density at radius 3 is 2.40 bits per heavy atom. The van der Waals surface area contributed by atoms with Gasteiger partial charge in [0, 0.05) is 24.7 Å². The highest BCUT2D eigenvalue weighted by atomic mass is 16.6. The number of nitrogens with zero attached hydrogens (tertiary/aromatic N) is 1. The summed E-state index contributed by atoms with van der Waals surface area (Å²) in [6, 6.07) is 0. The van der Waals surface area contributed by atoms with E-state index in [0.29, 0.717) is 12.8 Å². The van der Waals surface area contributed by atoms with Gasteiger partial charge in [0.25, 0.3) is 0 Å². The van der Waals surface area contributed by atoms with Crippen LogP contribution in [0.15, 0.2) is 0 Å². The molecule has 5 heteroatoms. The summed E-state index contributed by atoms with van der Waals surface area (Å²) in [6.45, 7) is 4.50. The lowest BCUT2D eigenvalue weighted by molar-refractivity contribution is -0.573. The average molecular weight is 215 g/mol. The van der Waals surface area contributed by atoms with Gasteiger partial charge < -0.3 is 5.11 Å². The van der Waals surface area contributed by atoms with Crippen molar-refractivity contribution in [2.45, 2.75) is 51.2 Å². The normalized spacial score (nSPS) is 41.2. The van der Waals surface area contributed by atoms with Crippen molar-refractivity contribution in [3.05, 3.63) is 10.1 Å². The molecule has 1 rings (SSSR count). The number of nitro groups is 1. The lowest BCUT2D eigenvalue weighted by Gasteiger charge is -2.40. The minimum atomic E-state index is -1.10. The molecule has 0 aromatic rings. The Bertz CT molecular complexity index is 300. The number of rotatable bonds is 2. The van der Waals surface area contributed by atoms with Crippen molar-refractivity contribution in [3.63, 3.8) is 0 Å². The average Bonchev–Trinajstić information content (AvgIpc) is 2.09.